The van der Waals surface area contributed by atoms with Crippen molar-refractivity contribution in [1.82, 2.24) is 4.90 Å². The van der Waals surface area contributed by atoms with E-state index in [0.29, 0.717) is 10.8 Å². The summed E-state index contributed by atoms with van der Waals surface area (Å²) in [7, 11) is 0. The van der Waals surface area contributed by atoms with Crippen LogP contribution in [0.15, 0.2) is 0 Å². The molecule has 0 aromatic rings. The highest BCUT2D eigenvalue weighted by Gasteiger charge is 2.19. The summed E-state index contributed by atoms with van der Waals surface area (Å²) >= 11 is 0. The lowest BCUT2D eigenvalue weighted by Crippen LogP contribution is -2.38. The van der Waals surface area contributed by atoms with Crippen LogP contribution < -0.4 is 0 Å². The topological polar surface area (TPSA) is 3.24 Å². The minimum absolute atomic E-state index is 0.418. The first-order valence-corrected chi connectivity index (χ1v) is 5.36. The van der Waals surface area contributed by atoms with Crippen LogP contribution in [-0.2, 0) is 0 Å². The molecule has 0 unspecified atom stereocenters. The Labute approximate surface area is 84.5 Å². The molecule has 0 heterocycles. The van der Waals surface area contributed by atoms with Crippen molar-refractivity contribution >= 4 is 0 Å². The molecular weight excluding hydrogens is 158 g/mol. The average Bonchev–Trinajstić information content (AvgIpc) is 1.79. The Morgan fingerprint density at radius 3 is 1.23 bits per heavy atom. The van der Waals surface area contributed by atoms with E-state index in [4.69, 9.17) is 0 Å². The molecule has 0 radical (unpaired) electrons. The molecule has 0 aliphatic heterocycles. The van der Waals surface area contributed by atoms with Crippen molar-refractivity contribution in [2.45, 2.75) is 48.5 Å². The van der Waals surface area contributed by atoms with Crippen LogP contribution in [0.3, 0.4) is 0 Å². The molecular formula is C12H27N. The van der Waals surface area contributed by atoms with E-state index in [1.807, 2.05) is 0 Å². The molecule has 0 atom stereocenters. The van der Waals surface area contributed by atoms with E-state index in [1.54, 1.807) is 0 Å². The maximum absolute atomic E-state index is 2.54. The van der Waals surface area contributed by atoms with Gasteiger partial charge in [-0.15, -0.1) is 0 Å². The highest BCUT2D eigenvalue weighted by molar-refractivity contribution is 4.73. The predicted molar refractivity (Wildman–Crippen MR) is 61.0 cm³/mol. The Kier molecular flexibility index (Phi) is 4.44. The fourth-order valence-corrected chi connectivity index (χ4v) is 1.62. The van der Waals surface area contributed by atoms with Crippen molar-refractivity contribution in [3.8, 4) is 0 Å². The summed E-state index contributed by atoms with van der Waals surface area (Å²) in [5.74, 6) is 0. The predicted octanol–water partition coefficient (Wildman–Crippen LogP) is 3.40. The average molecular weight is 185 g/mol. The van der Waals surface area contributed by atoms with E-state index in [9.17, 15) is 0 Å². The lowest BCUT2D eigenvalue weighted by atomic mass is 9.92. The van der Waals surface area contributed by atoms with Crippen LogP contribution in [0, 0.1) is 10.8 Å². The van der Waals surface area contributed by atoms with E-state index in [2.05, 4.69) is 53.4 Å². The molecule has 0 rings (SSSR count). The number of hydrogen-bond donors (Lipinski definition) is 0. The summed E-state index contributed by atoms with van der Waals surface area (Å²) in [5, 5.41) is 0. The van der Waals surface area contributed by atoms with Gasteiger partial charge in [0.1, 0.15) is 0 Å². The van der Waals surface area contributed by atoms with Gasteiger partial charge in [-0.1, -0.05) is 48.5 Å². The van der Waals surface area contributed by atoms with Crippen LogP contribution in [0.2, 0.25) is 0 Å². The van der Waals surface area contributed by atoms with Gasteiger partial charge in [-0.25, -0.2) is 0 Å². The molecule has 0 amide bonds. The molecule has 0 fully saturated rings. The summed E-state index contributed by atoms with van der Waals surface area (Å²) in [5.41, 5.74) is 0.836. The lowest BCUT2D eigenvalue weighted by molar-refractivity contribution is 0.148. The van der Waals surface area contributed by atoms with Gasteiger partial charge in [0.2, 0.25) is 0 Å². The third kappa shape index (κ3) is 8.29. The summed E-state index contributed by atoms with van der Waals surface area (Å²) in [6.07, 6.45) is 0. The van der Waals surface area contributed by atoms with E-state index >= 15 is 0 Å². The maximum Gasteiger partial charge on any atom is 0.00302 e. The molecule has 0 aliphatic rings. The molecule has 0 spiro atoms. The van der Waals surface area contributed by atoms with E-state index in [1.165, 1.54) is 13.1 Å². The first kappa shape index (κ1) is 13.0. The molecule has 80 valence electrons. The Morgan fingerprint density at radius 1 is 0.769 bits per heavy atom. The van der Waals surface area contributed by atoms with Gasteiger partial charge in [-0.3, -0.25) is 0 Å². The second-order valence-corrected chi connectivity index (χ2v) is 6.42. The number of nitrogens with zero attached hydrogens (tertiary/aromatic N) is 1. The highest BCUT2D eigenvalue weighted by Crippen LogP contribution is 2.20. The second-order valence-electron chi connectivity index (χ2n) is 6.42. The first-order valence-electron chi connectivity index (χ1n) is 5.36. The maximum atomic E-state index is 2.54. The van der Waals surface area contributed by atoms with Gasteiger partial charge in [-0.2, -0.15) is 0 Å². The van der Waals surface area contributed by atoms with Gasteiger partial charge in [0, 0.05) is 13.1 Å². The third-order valence-corrected chi connectivity index (χ3v) is 1.84. The smallest absolute Gasteiger partial charge is 0.00302 e. The van der Waals surface area contributed by atoms with Crippen LogP contribution in [0.25, 0.3) is 0 Å². The van der Waals surface area contributed by atoms with E-state index in [-0.39, 0.29) is 0 Å². The van der Waals surface area contributed by atoms with Gasteiger partial charge in [0.15, 0.2) is 0 Å². The number of hydrogen-bond acceptors (Lipinski definition) is 1. The monoisotopic (exact) mass is 185 g/mol. The van der Waals surface area contributed by atoms with Crippen molar-refractivity contribution in [2.75, 3.05) is 19.6 Å². The third-order valence-electron chi connectivity index (χ3n) is 1.84. The molecule has 0 saturated heterocycles. The zero-order valence-corrected chi connectivity index (χ0v) is 10.6. The van der Waals surface area contributed by atoms with Crippen LogP contribution in [0.4, 0.5) is 0 Å². The quantitative estimate of drug-likeness (QED) is 0.651. The standard InChI is InChI=1S/C12H27N/c1-8-13(9-11(2,3)4)10-12(5,6)7/h8-10H2,1-7H3. The van der Waals surface area contributed by atoms with Crippen molar-refractivity contribution in [2.24, 2.45) is 10.8 Å². The SMILES string of the molecule is CCN(CC(C)(C)C)CC(C)(C)C. The Morgan fingerprint density at radius 2 is 1.08 bits per heavy atom. The summed E-state index contributed by atoms with van der Waals surface area (Å²) in [6.45, 7) is 19.6. The molecule has 0 aliphatic carbocycles. The van der Waals surface area contributed by atoms with Gasteiger partial charge >= 0.3 is 0 Å². The number of rotatable bonds is 3. The summed E-state index contributed by atoms with van der Waals surface area (Å²) < 4.78 is 0. The summed E-state index contributed by atoms with van der Waals surface area (Å²) in [4.78, 5) is 2.54. The molecule has 0 aromatic heterocycles. The van der Waals surface area contributed by atoms with Gasteiger partial charge in [0.05, 0.1) is 0 Å². The van der Waals surface area contributed by atoms with Crippen LogP contribution in [0.5, 0.6) is 0 Å². The minimum atomic E-state index is 0.418. The molecule has 13 heavy (non-hydrogen) atoms. The Bertz CT molecular complexity index is 120. The van der Waals surface area contributed by atoms with Crippen molar-refractivity contribution < 1.29 is 0 Å². The fraction of sp³-hybridized carbons (Fsp3) is 1.00. The lowest BCUT2D eigenvalue weighted by Gasteiger charge is -2.33. The first-order chi connectivity index (χ1) is 5.64. The Hall–Kier alpha value is -0.0400. The van der Waals surface area contributed by atoms with Crippen molar-refractivity contribution in [3.63, 3.8) is 0 Å². The highest BCUT2D eigenvalue weighted by atomic mass is 15.1. The Balaban J connectivity index is 4.05. The van der Waals surface area contributed by atoms with Gasteiger partial charge in [-0.05, 0) is 17.4 Å². The molecule has 0 N–H and O–H groups in total. The van der Waals surface area contributed by atoms with E-state index in [0.717, 1.165) is 6.54 Å². The second kappa shape index (κ2) is 4.45. The molecule has 1 nitrogen and oxygen atoms in total. The molecule has 0 aromatic carbocycles. The van der Waals surface area contributed by atoms with Crippen LogP contribution in [-0.4, -0.2) is 24.5 Å². The minimum Gasteiger partial charge on any atom is -0.303 e. The molecule has 1 heteroatoms. The van der Waals surface area contributed by atoms with Crippen molar-refractivity contribution in [1.29, 1.82) is 0 Å². The summed E-state index contributed by atoms with van der Waals surface area (Å²) in [6, 6.07) is 0. The largest absolute Gasteiger partial charge is 0.303 e. The van der Waals surface area contributed by atoms with Gasteiger partial charge in [0.25, 0.3) is 0 Å². The van der Waals surface area contributed by atoms with E-state index < -0.39 is 0 Å². The fourth-order valence-electron chi connectivity index (χ4n) is 1.62. The van der Waals surface area contributed by atoms with Crippen molar-refractivity contribution in [3.05, 3.63) is 0 Å². The molecule has 0 bridgehead atoms. The normalized spacial score (nSPS) is 13.8. The zero-order chi connectivity index (χ0) is 10.7. The van der Waals surface area contributed by atoms with Crippen LogP contribution in [0.1, 0.15) is 48.5 Å². The molecule has 0 saturated carbocycles. The zero-order valence-electron chi connectivity index (χ0n) is 10.6. The van der Waals surface area contributed by atoms with Gasteiger partial charge < -0.3 is 4.90 Å². The van der Waals surface area contributed by atoms with Crippen LogP contribution >= 0.6 is 0 Å².